The smallest absolute Gasteiger partial charge is 0.193 e. The number of rotatable bonds is 3. The van der Waals surface area contributed by atoms with Gasteiger partial charge < -0.3 is 9.47 Å². The van der Waals surface area contributed by atoms with E-state index in [0.29, 0.717) is 22.8 Å². The molecular weight excluding hydrogens is 377 g/mol. The summed E-state index contributed by atoms with van der Waals surface area (Å²) in [5.41, 5.74) is 0.288. The molecule has 2 saturated heterocycles. The van der Waals surface area contributed by atoms with Crippen LogP contribution in [0.5, 0.6) is 0 Å². The van der Waals surface area contributed by atoms with E-state index in [9.17, 15) is 0 Å². The van der Waals surface area contributed by atoms with Crippen molar-refractivity contribution < 1.29 is 9.47 Å². The normalized spacial score (nSPS) is 26.9. The molecular formula is C14H15Cl5O2. The minimum atomic E-state index is -1.36. The fourth-order valence-electron chi connectivity index (χ4n) is 1.90. The molecule has 2 nitrogen and oxygen atoms in total. The second-order valence-electron chi connectivity index (χ2n) is 5.10. The van der Waals surface area contributed by atoms with E-state index in [2.05, 4.69) is 6.92 Å². The molecule has 2 atom stereocenters. The van der Waals surface area contributed by atoms with Gasteiger partial charge in [0.1, 0.15) is 5.60 Å². The molecule has 0 amide bonds. The maximum atomic E-state index is 5.92. The molecule has 0 aromatic heterocycles. The lowest BCUT2D eigenvalue weighted by molar-refractivity contribution is 0.295. The molecule has 2 aliphatic heterocycles. The van der Waals surface area contributed by atoms with Crippen LogP contribution in [0, 0.1) is 0 Å². The third-order valence-corrected chi connectivity index (χ3v) is 4.06. The van der Waals surface area contributed by atoms with E-state index in [1.165, 1.54) is 6.42 Å². The molecule has 0 bridgehead atoms. The van der Waals surface area contributed by atoms with E-state index < -0.39 is 9.39 Å². The summed E-state index contributed by atoms with van der Waals surface area (Å²) in [6.45, 7) is 3.66. The third-order valence-electron chi connectivity index (χ3n) is 3.23. The first-order valence-electron chi connectivity index (χ1n) is 6.53. The Morgan fingerprint density at radius 2 is 1.71 bits per heavy atom. The van der Waals surface area contributed by atoms with Gasteiger partial charge in [0, 0.05) is 16.5 Å². The van der Waals surface area contributed by atoms with Crippen LogP contribution in [0.15, 0.2) is 18.2 Å². The molecule has 2 aliphatic rings. The van der Waals surface area contributed by atoms with Crippen molar-refractivity contribution in [2.24, 2.45) is 0 Å². The van der Waals surface area contributed by atoms with Gasteiger partial charge in [-0.25, -0.2) is 0 Å². The Bertz CT molecular complexity index is 472. The zero-order chi connectivity index (χ0) is 15.7. The van der Waals surface area contributed by atoms with Gasteiger partial charge in [-0.3, -0.25) is 0 Å². The number of hydrogen-bond acceptors (Lipinski definition) is 2. The van der Waals surface area contributed by atoms with Crippen LogP contribution in [0.2, 0.25) is 10.0 Å². The highest BCUT2D eigenvalue weighted by Crippen LogP contribution is 2.50. The van der Waals surface area contributed by atoms with E-state index in [1.54, 1.807) is 18.2 Å². The van der Waals surface area contributed by atoms with E-state index in [1.807, 2.05) is 0 Å². The van der Waals surface area contributed by atoms with Crippen LogP contribution in [0.25, 0.3) is 0 Å². The Morgan fingerprint density at radius 1 is 1.19 bits per heavy atom. The lowest BCUT2D eigenvalue weighted by Crippen LogP contribution is -2.18. The van der Waals surface area contributed by atoms with Crippen molar-refractivity contribution in [3.05, 3.63) is 33.8 Å². The molecule has 0 spiro atoms. The van der Waals surface area contributed by atoms with Gasteiger partial charge in [0.15, 0.2) is 3.79 Å². The topological polar surface area (TPSA) is 25.1 Å². The van der Waals surface area contributed by atoms with Gasteiger partial charge in [-0.05, 0) is 30.2 Å². The SMILES string of the molecule is CCC1CO1.Clc1cc(Cl)cc(C2(CC(Cl)(Cl)Cl)CO2)c1. The van der Waals surface area contributed by atoms with Crippen LogP contribution in [0.4, 0.5) is 0 Å². The summed E-state index contributed by atoms with van der Waals surface area (Å²) in [6.07, 6.45) is 2.11. The second kappa shape index (κ2) is 7.00. The maximum Gasteiger partial charge on any atom is 0.193 e. The predicted molar refractivity (Wildman–Crippen MR) is 89.0 cm³/mol. The molecule has 21 heavy (non-hydrogen) atoms. The molecule has 1 aromatic rings. The first-order valence-corrected chi connectivity index (χ1v) is 8.42. The molecule has 2 heterocycles. The molecule has 2 unspecified atom stereocenters. The summed E-state index contributed by atoms with van der Waals surface area (Å²) in [4.78, 5) is 0. The third kappa shape index (κ3) is 5.95. The lowest BCUT2D eigenvalue weighted by Gasteiger charge is -2.18. The number of hydrogen-bond donors (Lipinski definition) is 0. The number of epoxide rings is 2. The van der Waals surface area contributed by atoms with Gasteiger partial charge in [-0.2, -0.15) is 0 Å². The van der Waals surface area contributed by atoms with Gasteiger partial charge in [0.05, 0.1) is 19.3 Å². The predicted octanol–water partition coefficient (Wildman–Crippen LogP) is 5.77. The van der Waals surface area contributed by atoms with Crippen LogP contribution in [-0.4, -0.2) is 23.1 Å². The van der Waals surface area contributed by atoms with Crippen molar-refractivity contribution in [1.82, 2.24) is 0 Å². The summed E-state index contributed by atoms with van der Waals surface area (Å²) in [5.74, 6) is 0. The van der Waals surface area contributed by atoms with Gasteiger partial charge in [0.2, 0.25) is 0 Å². The summed E-state index contributed by atoms with van der Waals surface area (Å²) in [5, 5.41) is 1.09. The van der Waals surface area contributed by atoms with Crippen molar-refractivity contribution in [3.63, 3.8) is 0 Å². The summed E-state index contributed by atoms with van der Waals surface area (Å²) >= 11 is 29.1. The van der Waals surface area contributed by atoms with E-state index >= 15 is 0 Å². The lowest BCUT2D eigenvalue weighted by atomic mass is 9.97. The number of ether oxygens (including phenoxy) is 2. The van der Waals surface area contributed by atoms with Crippen molar-refractivity contribution in [2.75, 3.05) is 13.2 Å². The van der Waals surface area contributed by atoms with Crippen molar-refractivity contribution >= 4 is 58.0 Å². The minimum absolute atomic E-state index is 0.279. The molecule has 7 heteroatoms. The Morgan fingerprint density at radius 3 is 2.00 bits per heavy atom. The number of halogens is 5. The molecule has 2 fully saturated rings. The molecule has 0 saturated carbocycles. The summed E-state index contributed by atoms with van der Waals surface area (Å²) < 4.78 is 8.90. The highest BCUT2D eigenvalue weighted by molar-refractivity contribution is 6.67. The first kappa shape index (κ1) is 17.9. The molecule has 0 N–H and O–H groups in total. The van der Waals surface area contributed by atoms with Crippen LogP contribution in [0.3, 0.4) is 0 Å². The minimum Gasteiger partial charge on any atom is -0.373 e. The fourth-order valence-corrected chi connectivity index (χ4v) is 3.08. The standard InChI is InChI=1S/C10H7Cl5O.C4H8O/c11-7-1-6(2-8(12)3-7)9(5-16-9)4-10(13,14)15;1-2-4-3-5-4/h1-3H,4-5H2;4H,2-3H2,1H3. The zero-order valence-corrected chi connectivity index (χ0v) is 15.1. The van der Waals surface area contributed by atoms with Gasteiger partial charge in [0.25, 0.3) is 0 Å². The highest BCUT2D eigenvalue weighted by Gasteiger charge is 2.51. The number of benzene rings is 1. The van der Waals surface area contributed by atoms with Crippen molar-refractivity contribution in [3.8, 4) is 0 Å². The highest BCUT2D eigenvalue weighted by atomic mass is 35.6. The monoisotopic (exact) mass is 390 g/mol. The first-order chi connectivity index (χ1) is 9.74. The Hall–Kier alpha value is 0.590. The Kier molecular flexibility index (Phi) is 5.98. The Labute approximate surface area is 149 Å². The van der Waals surface area contributed by atoms with Crippen LogP contribution < -0.4 is 0 Å². The summed E-state index contributed by atoms with van der Waals surface area (Å²) in [7, 11) is 0. The van der Waals surface area contributed by atoms with E-state index in [-0.39, 0.29) is 6.42 Å². The largest absolute Gasteiger partial charge is 0.373 e. The molecule has 0 radical (unpaired) electrons. The van der Waals surface area contributed by atoms with Crippen molar-refractivity contribution in [1.29, 1.82) is 0 Å². The Balaban J connectivity index is 0.000000272. The molecule has 0 aliphatic carbocycles. The van der Waals surface area contributed by atoms with E-state index in [0.717, 1.165) is 12.2 Å². The zero-order valence-electron chi connectivity index (χ0n) is 11.3. The molecule has 3 rings (SSSR count). The number of alkyl halides is 3. The maximum absolute atomic E-state index is 5.92. The quantitative estimate of drug-likeness (QED) is 0.482. The molecule has 1 aromatic carbocycles. The van der Waals surface area contributed by atoms with Crippen LogP contribution in [0.1, 0.15) is 25.3 Å². The average Bonchev–Trinajstić information content (AvgIpc) is 3.22. The fraction of sp³-hybridized carbons (Fsp3) is 0.571. The van der Waals surface area contributed by atoms with Crippen LogP contribution in [-0.2, 0) is 15.1 Å². The second-order valence-corrected chi connectivity index (χ2v) is 8.49. The van der Waals surface area contributed by atoms with E-state index in [4.69, 9.17) is 67.5 Å². The van der Waals surface area contributed by atoms with Crippen molar-refractivity contribution in [2.45, 2.75) is 35.3 Å². The van der Waals surface area contributed by atoms with Gasteiger partial charge in [-0.1, -0.05) is 64.9 Å². The van der Waals surface area contributed by atoms with Gasteiger partial charge >= 0.3 is 0 Å². The summed E-state index contributed by atoms with van der Waals surface area (Å²) in [6, 6.07) is 5.20. The van der Waals surface area contributed by atoms with Crippen LogP contribution >= 0.6 is 58.0 Å². The molecule has 118 valence electrons. The average molecular weight is 393 g/mol. The van der Waals surface area contributed by atoms with Gasteiger partial charge in [-0.15, -0.1) is 0 Å².